The lowest BCUT2D eigenvalue weighted by molar-refractivity contribution is -0.150. The Hall–Kier alpha value is -2.65. The van der Waals surface area contributed by atoms with Crippen molar-refractivity contribution >= 4 is 29.7 Å². The van der Waals surface area contributed by atoms with Gasteiger partial charge in [-0.3, -0.25) is 24.0 Å². The second-order valence-corrected chi connectivity index (χ2v) is 19.3. The summed E-state index contributed by atoms with van der Waals surface area (Å²) in [4.78, 5) is 64.5. The molecular weight excluding hydrogens is 803 g/mol. The number of rotatable bonds is 47. The van der Waals surface area contributed by atoms with Crippen LogP contribution in [0.3, 0.4) is 0 Å². The number of esters is 2. The summed E-state index contributed by atoms with van der Waals surface area (Å²) in [5, 5.41) is 8.81. The molecule has 3 amide bonds. The maximum atomic E-state index is 13.2. The molecule has 0 spiro atoms. The molecule has 0 rings (SSSR count). The second-order valence-electron chi connectivity index (χ2n) is 19.3. The van der Waals surface area contributed by atoms with E-state index in [1.165, 1.54) is 103 Å². The Morgan fingerprint density at radius 3 is 1.19 bits per heavy atom. The van der Waals surface area contributed by atoms with Crippen molar-refractivity contribution in [2.24, 2.45) is 17.8 Å². The van der Waals surface area contributed by atoms with E-state index in [1.807, 2.05) is 13.8 Å². The first-order chi connectivity index (χ1) is 31.1. The van der Waals surface area contributed by atoms with Gasteiger partial charge in [0.05, 0.1) is 25.0 Å². The number of amides is 3. The van der Waals surface area contributed by atoms with Crippen molar-refractivity contribution in [3.8, 4) is 0 Å². The van der Waals surface area contributed by atoms with Crippen molar-refractivity contribution in [2.45, 2.75) is 272 Å². The van der Waals surface area contributed by atoms with Crippen LogP contribution in [0.1, 0.15) is 266 Å². The van der Waals surface area contributed by atoms with E-state index in [2.05, 4.69) is 43.6 Å². The molecule has 3 N–H and O–H groups in total. The summed E-state index contributed by atoms with van der Waals surface area (Å²) >= 11 is 0. The molecule has 0 aliphatic rings. The van der Waals surface area contributed by atoms with Crippen molar-refractivity contribution in [3.63, 3.8) is 0 Å². The number of carbonyl (C=O) groups is 5. The molecule has 0 fully saturated rings. The fourth-order valence-electron chi connectivity index (χ4n) is 8.30. The molecule has 64 heavy (non-hydrogen) atoms. The molecule has 0 aromatic carbocycles. The number of ether oxygens (including phenoxy) is 2. The minimum atomic E-state index is -0.771. The molecule has 10 nitrogen and oxygen atoms in total. The van der Waals surface area contributed by atoms with Crippen molar-refractivity contribution in [3.05, 3.63) is 0 Å². The van der Waals surface area contributed by atoms with Crippen LogP contribution in [0.2, 0.25) is 0 Å². The van der Waals surface area contributed by atoms with Gasteiger partial charge in [-0.2, -0.15) is 0 Å². The van der Waals surface area contributed by atoms with E-state index in [0.29, 0.717) is 32.7 Å². The van der Waals surface area contributed by atoms with Gasteiger partial charge >= 0.3 is 11.9 Å². The standard InChI is InChI=1S/C54H103N3O7/c1-7-11-15-19-21-29-37-47(35-27-17-13-9-3)53(61)63-43-33-25-23-31-41-55-50(58)40-39-49(57-51(59)45-46(5)6)52(60)56-42-32-24-26-34-44-64-54(62)48(36-28-18-14-10-4)38-30-22-20-16-12-8-2/h46-49H,7-45H2,1-6H3,(H,55,58)(H,56,60)(H,57,59). The summed E-state index contributed by atoms with van der Waals surface area (Å²) in [5.74, 6) is -0.444. The molecular formula is C54H103N3O7. The van der Waals surface area contributed by atoms with Gasteiger partial charge < -0.3 is 25.4 Å². The summed E-state index contributed by atoms with van der Waals surface area (Å²) < 4.78 is 11.5. The zero-order valence-corrected chi connectivity index (χ0v) is 42.7. The fourth-order valence-corrected chi connectivity index (χ4v) is 8.30. The van der Waals surface area contributed by atoms with Gasteiger partial charge in [-0.05, 0) is 76.5 Å². The molecule has 0 heterocycles. The molecule has 3 unspecified atom stereocenters. The van der Waals surface area contributed by atoms with Gasteiger partial charge in [-0.25, -0.2) is 0 Å². The van der Waals surface area contributed by atoms with Crippen LogP contribution in [-0.2, 0) is 33.4 Å². The van der Waals surface area contributed by atoms with E-state index in [9.17, 15) is 24.0 Å². The molecule has 0 aliphatic carbocycles. The first-order valence-corrected chi connectivity index (χ1v) is 27.3. The predicted molar refractivity (Wildman–Crippen MR) is 266 cm³/mol. The van der Waals surface area contributed by atoms with Gasteiger partial charge in [0.15, 0.2) is 0 Å². The number of unbranched alkanes of at least 4 members (excludes halogenated alkanes) is 22. The average molecular weight is 906 g/mol. The van der Waals surface area contributed by atoms with Crippen LogP contribution in [0.15, 0.2) is 0 Å². The molecule has 0 saturated carbocycles. The molecule has 3 atom stereocenters. The quantitative estimate of drug-likeness (QED) is 0.0408. The minimum absolute atomic E-state index is 0.0151. The van der Waals surface area contributed by atoms with Gasteiger partial charge in [-0.15, -0.1) is 0 Å². The van der Waals surface area contributed by atoms with Crippen LogP contribution in [-0.4, -0.2) is 62.0 Å². The number of hydrogen-bond acceptors (Lipinski definition) is 7. The summed E-state index contributed by atoms with van der Waals surface area (Å²) in [5.41, 5.74) is 0. The van der Waals surface area contributed by atoms with E-state index < -0.39 is 6.04 Å². The van der Waals surface area contributed by atoms with Crippen LogP contribution >= 0.6 is 0 Å². The highest BCUT2D eigenvalue weighted by Gasteiger charge is 2.23. The predicted octanol–water partition coefficient (Wildman–Crippen LogP) is 13.4. The maximum Gasteiger partial charge on any atom is 0.308 e. The Labute approximate surface area is 394 Å². The van der Waals surface area contributed by atoms with E-state index >= 15 is 0 Å². The van der Waals surface area contributed by atoms with Crippen molar-refractivity contribution < 1.29 is 33.4 Å². The van der Waals surface area contributed by atoms with Crippen molar-refractivity contribution in [2.75, 3.05) is 26.3 Å². The molecule has 0 saturated heterocycles. The SMILES string of the molecule is CCCCCCCCC(CCCCCC)C(=O)OCCCCCCNC(=O)CCC(NC(=O)CC(C)C)C(=O)NCCCCCCOC(=O)C(CCCCCC)CCCCCCCC. The number of hydrogen-bond donors (Lipinski definition) is 3. The molecule has 376 valence electrons. The average Bonchev–Trinajstić information content (AvgIpc) is 3.27. The monoisotopic (exact) mass is 906 g/mol. The van der Waals surface area contributed by atoms with Crippen molar-refractivity contribution in [1.82, 2.24) is 16.0 Å². The van der Waals surface area contributed by atoms with E-state index in [1.54, 1.807) is 0 Å². The zero-order valence-electron chi connectivity index (χ0n) is 42.7. The lowest BCUT2D eigenvalue weighted by Crippen LogP contribution is -2.47. The lowest BCUT2D eigenvalue weighted by atomic mass is 9.94. The molecule has 0 aromatic heterocycles. The Morgan fingerprint density at radius 2 is 0.766 bits per heavy atom. The third kappa shape index (κ3) is 38.6. The normalized spacial score (nSPS) is 12.7. The molecule has 0 radical (unpaired) electrons. The smallest absolute Gasteiger partial charge is 0.308 e. The fraction of sp³-hybridized carbons (Fsp3) is 0.907. The highest BCUT2D eigenvalue weighted by Crippen LogP contribution is 2.22. The summed E-state index contributed by atoms with van der Waals surface area (Å²) in [6.45, 7) is 14.7. The Balaban J connectivity index is 4.53. The Bertz CT molecular complexity index is 1130. The zero-order chi connectivity index (χ0) is 47.3. The maximum absolute atomic E-state index is 13.2. The van der Waals surface area contributed by atoms with E-state index in [0.717, 1.165) is 103 Å². The van der Waals surface area contributed by atoms with Gasteiger partial charge in [0.2, 0.25) is 17.7 Å². The van der Waals surface area contributed by atoms with Crippen LogP contribution in [0.5, 0.6) is 0 Å². The first-order valence-electron chi connectivity index (χ1n) is 27.3. The third-order valence-corrected chi connectivity index (χ3v) is 12.4. The van der Waals surface area contributed by atoms with Gasteiger partial charge in [0.1, 0.15) is 6.04 Å². The highest BCUT2D eigenvalue weighted by molar-refractivity contribution is 5.88. The number of nitrogens with one attached hydrogen (secondary N) is 3. The van der Waals surface area contributed by atoms with Crippen LogP contribution in [0, 0.1) is 17.8 Å². The topological polar surface area (TPSA) is 140 Å². The Kier molecular flexibility index (Phi) is 43.6. The van der Waals surface area contributed by atoms with Gasteiger partial charge in [0.25, 0.3) is 0 Å². The second kappa shape index (κ2) is 45.5. The van der Waals surface area contributed by atoms with E-state index in [4.69, 9.17) is 9.47 Å². The van der Waals surface area contributed by atoms with Crippen LogP contribution in [0.25, 0.3) is 0 Å². The van der Waals surface area contributed by atoms with E-state index in [-0.39, 0.29) is 60.3 Å². The van der Waals surface area contributed by atoms with Gasteiger partial charge in [-0.1, -0.05) is 183 Å². The van der Waals surface area contributed by atoms with Crippen molar-refractivity contribution in [1.29, 1.82) is 0 Å². The molecule has 0 aliphatic heterocycles. The summed E-state index contributed by atoms with van der Waals surface area (Å²) in [6, 6.07) is -0.771. The Morgan fingerprint density at radius 1 is 0.406 bits per heavy atom. The van der Waals surface area contributed by atoms with Crippen LogP contribution in [0.4, 0.5) is 0 Å². The summed E-state index contributed by atoms with van der Waals surface area (Å²) in [7, 11) is 0. The molecule has 0 bridgehead atoms. The largest absolute Gasteiger partial charge is 0.465 e. The summed E-state index contributed by atoms with van der Waals surface area (Å²) in [6.07, 6.45) is 35.4. The third-order valence-electron chi connectivity index (χ3n) is 12.4. The minimum Gasteiger partial charge on any atom is -0.465 e. The lowest BCUT2D eigenvalue weighted by Gasteiger charge is -2.19. The van der Waals surface area contributed by atoms with Crippen LogP contribution < -0.4 is 16.0 Å². The molecule has 10 heteroatoms. The highest BCUT2D eigenvalue weighted by atomic mass is 16.5. The molecule has 0 aromatic rings. The van der Waals surface area contributed by atoms with Gasteiger partial charge in [0, 0.05) is 25.9 Å². The first kappa shape index (κ1) is 61.4. The number of carbonyl (C=O) groups excluding carboxylic acids is 5.